The Labute approximate surface area is 162 Å². The molecule has 2 aromatic rings. The third-order valence-electron chi connectivity index (χ3n) is 4.78. The summed E-state index contributed by atoms with van der Waals surface area (Å²) in [5.41, 5.74) is 1.69. The highest BCUT2D eigenvalue weighted by Crippen LogP contribution is 2.38. The van der Waals surface area contributed by atoms with Gasteiger partial charge in [-0.25, -0.2) is 0 Å². The first-order chi connectivity index (χ1) is 12.5. The summed E-state index contributed by atoms with van der Waals surface area (Å²) in [6, 6.07) is 15.0. The first kappa shape index (κ1) is 18.6. The number of amides is 1. The molecule has 0 aromatic heterocycles. The molecular formula is C21H22BrNO3. The van der Waals surface area contributed by atoms with E-state index in [1.54, 1.807) is 24.3 Å². The number of carbonyl (C=O) groups is 2. The van der Waals surface area contributed by atoms with Crippen molar-refractivity contribution in [3.63, 3.8) is 0 Å². The van der Waals surface area contributed by atoms with Gasteiger partial charge in [0.05, 0.1) is 6.04 Å². The molecule has 5 heteroatoms. The highest BCUT2D eigenvalue weighted by Gasteiger charge is 2.29. The number of hydrogen-bond acceptors (Lipinski definition) is 3. The Morgan fingerprint density at radius 2 is 1.92 bits per heavy atom. The molecule has 1 fully saturated rings. The fourth-order valence-electron chi connectivity index (χ4n) is 3.09. The zero-order valence-corrected chi connectivity index (χ0v) is 16.3. The van der Waals surface area contributed by atoms with Crippen molar-refractivity contribution in [1.82, 2.24) is 5.32 Å². The first-order valence-corrected chi connectivity index (χ1v) is 9.61. The monoisotopic (exact) mass is 415 g/mol. The van der Waals surface area contributed by atoms with Crippen LogP contribution in [-0.4, -0.2) is 18.3 Å². The molecule has 0 heterocycles. The van der Waals surface area contributed by atoms with Crippen LogP contribution in [0.15, 0.2) is 53.0 Å². The number of ether oxygens (including phenoxy) is 1. The molecule has 1 aliphatic carbocycles. The van der Waals surface area contributed by atoms with E-state index in [1.807, 2.05) is 24.3 Å². The van der Waals surface area contributed by atoms with Crippen LogP contribution in [-0.2, 0) is 4.79 Å². The molecule has 1 N–H and O–H groups in total. The number of ketones is 1. The van der Waals surface area contributed by atoms with Gasteiger partial charge in [0.1, 0.15) is 5.75 Å². The van der Waals surface area contributed by atoms with Gasteiger partial charge >= 0.3 is 0 Å². The summed E-state index contributed by atoms with van der Waals surface area (Å²) < 4.78 is 6.60. The van der Waals surface area contributed by atoms with E-state index >= 15 is 0 Å². The van der Waals surface area contributed by atoms with Gasteiger partial charge in [-0.3, -0.25) is 9.59 Å². The van der Waals surface area contributed by atoms with Crippen molar-refractivity contribution in [3.8, 4) is 5.75 Å². The summed E-state index contributed by atoms with van der Waals surface area (Å²) >= 11 is 3.45. The Balaban J connectivity index is 1.62. The van der Waals surface area contributed by atoms with E-state index in [1.165, 1.54) is 13.3 Å². The molecule has 2 aromatic carbocycles. The van der Waals surface area contributed by atoms with Crippen molar-refractivity contribution in [1.29, 1.82) is 0 Å². The van der Waals surface area contributed by atoms with E-state index in [0.717, 1.165) is 22.9 Å². The second-order valence-electron chi connectivity index (χ2n) is 6.66. The van der Waals surface area contributed by atoms with Crippen LogP contribution in [0.2, 0.25) is 0 Å². The third-order valence-corrected chi connectivity index (χ3v) is 5.31. The molecule has 0 aliphatic heterocycles. The van der Waals surface area contributed by atoms with Gasteiger partial charge in [0.25, 0.3) is 5.91 Å². The Kier molecular flexibility index (Phi) is 6.09. The largest absolute Gasteiger partial charge is 0.484 e. The SMILES string of the molecule is CC(=O)c1cccc(OCC(=O)NC(c2ccc(Br)cc2)C2CCC2)c1. The van der Waals surface area contributed by atoms with Crippen molar-refractivity contribution in [2.75, 3.05) is 6.61 Å². The molecule has 3 rings (SSSR count). The zero-order chi connectivity index (χ0) is 18.5. The fraction of sp³-hybridized carbons (Fsp3) is 0.333. The number of rotatable bonds is 7. The average molecular weight is 416 g/mol. The highest BCUT2D eigenvalue weighted by molar-refractivity contribution is 9.10. The van der Waals surface area contributed by atoms with E-state index in [0.29, 0.717) is 17.2 Å². The molecule has 4 nitrogen and oxygen atoms in total. The minimum absolute atomic E-state index is 0.0107. The third kappa shape index (κ3) is 4.73. The first-order valence-electron chi connectivity index (χ1n) is 8.81. The van der Waals surface area contributed by atoms with Gasteiger partial charge in [0.15, 0.2) is 12.4 Å². The molecular weight excluding hydrogens is 394 g/mol. The van der Waals surface area contributed by atoms with Crippen LogP contribution in [0.25, 0.3) is 0 Å². The predicted octanol–water partition coefficient (Wildman–Crippen LogP) is 4.69. The molecule has 136 valence electrons. The molecule has 0 spiro atoms. The molecule has 1 unspecified atom stereocenters. The van der Waals surface area contributed by atoms with Crippen molar-refractivity contribution >= 4 is 27.6 Å². The minimum Gasteiger partial charge on any atom is -0.484 e. The van der Waals surface area contributed by atoms with E-state index in [2.05, 4.69) is 21.2 Å². The fourth-order valence-corrected chi connectivity index (χ4v) is 3.35. The van der Waals surface area contributed by atoms with Crippen molar-refractivity contribution in [2.45, 2.75) is 32.2 Å². The number of hydrogen-bond donors (Lipinski definition) is 1. The standard InChI is InChI=1S/C21H22BrNO3/c1-14(24)17-6-3-7-19(12-17)26-13-20(25)23-21(15-4-2-5-15)16-8-10-18(22)11-9-16/h3,6-12,15,21H,2,4-5,13H2,1H3,(H,23,25). The van der Waals surface area contributed by atoms with E-state index < -0.39 is 0 Å². The van der Waals surface area contributed by atoms with Gasteiger partial charge in [-0.2, -0.15) is 0 Å². The lowest BCUT2D eigenvalue weighted by molar-refractivity contribution is -0.124. The predicted molar refractivity (Wildman–Crippen MR) is 104 cm³/mol. The lowest BCUT2D eigenvalue weighted by Crippen LogP contribution is -2.38. The maximum atomic E-state index is 12.4. The van der Waals surface area contributed by atoms with Crippen LogP contribution in [0.1, 0.15) is 48.1 Å². The molecule has 0 saturated heterocycles. The number of benzene rings is 2. The van der Waals surface area contributed by atoms with E-state index in [4.69, 9.17) is 4.74 Å². The molecule has 26 heavy (non-hydrogen) atoms. The van der Waals surface area contributed by atoms with Gasteiger partial charge in [0, 0.05) is 10.0 Å². The average Bonchev–Trinajstić information content (AvgIpc) is 2.59. The number of Topliss-reactive ketones (excluding diaryl/α,β-unsaturated/α-hetero) is 1. The lowest BCUT2D eigenvalue weighted by Gasteiger charge is -2.34. The molecule has 1 atom stereocenters. The lowest BCUT2D eigenvalue weighted by atomic mass is 9.77. The Morgan fingerprint density at radius 3 is 2.54 bits per heavy atom. The quantitative estimate of drug-likeness (QED) is 0.667. The second-order valence-corrected chi connectivity index (χ2v) is 7.58. The number of carbonyl (C=O) groups excluding carboxylic acids is 2. The van der Waals surface area contributed by atoms with Crippen molar-refractivity contribution < 1.29 is 14.3 Å². The summed E-state index contributed by atoms with van der Waals surface area (Å²) in [7, 11) is 0. The minimum atomic E-state index is -0.155. The molecule has 0 radical (unpaired) electrons. The Hall–Kier alpha value is -2.14. The normalized spacial score (nSPS) is 15.0. The van der Waals surface area contributed by atoms with Crippen LogP contribution < -0.4 is 10.1 Å². The Morgan fingerprint density at radius 1 is 1.19 bits per heavy atom. The number of nitrogens with one attached hydrogen (secondary N) is 1. The molecule has 0 bridgehead atoms. The summed E-state index contributed by atoms with van der Waals surface area (Å²) in [6.07, 6.45) is 3.47. The van der Waals surface area contributed by atoms with E-state index in [9.17, 15) is 9.59 Å². The molecule has 1 amide bonds. The van der Waals surface area contributed by atoms with Crippen LogP contribution in [0.3, 0.4) is 0 Å². The van der Waals surface area contributed by atoms with E-state index in [-0.39, 0.29) is 24.3 Å². The second kappa shape index (κ2) is 8.49. The summed E-state index contributed by atoms with van der Waals surface area (Å²) in [6.45, 7) is 1.44. The van der Waals surface area contributed by atoms with Crippen LogP contribution in [0.4, 0.5) is 0 Å². The Bertz CT molecular complexity index is 784. The van der Waals surface area contributed by atoms with Crippen LogP contribution in [0, 0.1) is 5.92 Å². The smallest absolute Gasteiger partial charge is 0.258 e. The van der Waals surface area contributed by atoms with Gasteiger partial charge in [-0.05, 0) is 55.5 Å². The molecule has 1 aliphatic rings. The van der Waals surface area contributed by atoms with Crippen LogP contribution >= 0.6 is 15.9 Å². The zero-order valence-electron chi connectivity index (χ0n) is 14.7. The topological polar surface area (TPSA) is 55.4 Å². The van der Waals surface area contributed by atoms with Crippen molar-refractivity contribution in [2.24, 2.45) is 5.92 Å². The summed E-state index contributed by atoms with van der Waals surface area (Å²) in [4.78, 5) is 23.9. The van der Waals surface area contributed by atoms with Crippen LogP contribution in [0.5, 0.6) is 5.75 Å². The van der Waals surface area contributed by atoms with Crippen molar-refractivity contribution in [3.05, 3.63) is 64.1 Å². The summed E-state index contributed by atoms with van der Waals surface area (Å²) in [5.74, 6) is 0.816. The van der Waals surface area contributed by atoms with Gasteiger partial charge < -0.3 is 10.1 Å². The molecule has 1 saturated carbocycles. The van der Waals surface area contributed by atoms with Gasteiger partial charge in [0.2, 0.25) is 0 Å². The van der Waals surface area contributed by atoms with Gasteiger partial charge in [-0.1, -0.05) is 46.6 Å². The summed E-state index contributed by atoms with van der Waals surface area (Å²) in [5, 5.41) is 3.12. The van der Waals surface area contributed by atoms with Gasteiger partial charge in [-0.15, -0.1) is 0 Å². The maximum absolute atomic E-state index is 12.4. The maximum Gasteiger partial charge on any atom is 0.258 e. The highest BCUT2D eigenvalue weighted by atomic mass is 79.9. The number of halogens is 1.